The van der Waals surface area contributed by atoms with Crippen LogP contribution in [0.25, 0.3) is 0 Å². The molecule has 0 fully saturated rings. The van der Waals surface area contributed by atoms with Crippen LogP contribution in [0.1, 0.15) is 22.9 Å². The van der Waals surface area contributed by atoms with Crippen LogP contribution in [0.15, 0.2) is 22.8 Å². The normalized spacial score (nSPS) is 12.3. The van der Waals surface area contributed by atoms with Crippen LogP contribution in [0.2, 0.25) is 0 Å². The maximum absolute atomic E-state index is 10.6. The maximum atomic E-state index is 10.6. The summed E-state index contributed by atoms with van der Waals surface area (Å²) in [6.45, 7) is 1.86. The van der Waals surface area contributed by atoms with Crippen LogP contribution in [-0.4, -0.2) is 29.1 Å². The molecule has 5 nitrogen and oxygen atoms in total. The van der Waals surface area contributed by atoms with Gasteiger partial charge in [-0.15, -0.1) is 0 Å². The molecular formula is C14H17BrN2O3. The minimum absolute atomic E-state index is 0.556. The second-order valence-corrected chi connectivity index (χ2v) is 5.24. The molecule has 1 heterocycles. The molecular weight excluding hydrogens is 324 g/mol. The number of nitrogens with zero attached hydrogens (tertiary/aromatic N) is 2. The van der Waals surface area contributed by atoms with Crippen LogP contribution in [0.3, 0.4) is 0 Å². The predicted molar refractivity (Wildman–Crippen MR) is 79.3 cm³/mol. The number of aliphatic hydroxyl groups excluding tert-OH is 1. The molecule has 2 rings (SSSR count). The van der Waals surface area contributed by atoms with Gasteiger partial charge in [-0.05, 0) is 35.0 Å². The van der Waals surface area contributed by atoms with Gasteiger partial charge in [-0.3, -0.25) is 4.68 Å². The van der Waals surface area contributed by atoms with E-state index in [4.69, 9.17) is 9.47 Å². The van der Waals surface area contributed by atoms with E-state index in [9.17, 15) is 5.11 Å². The Morgan fingerprint density at radius 3 is 2.45 bits per heavy atom. The molecule has 0 aliphatic rings. The average molecular weight is 341 g/mol. The number of ether oxygens (including phenoxy) is 2. The number of aromatic nitrogens is 2. The minimum atomic E-state index is -0.805. The van der Waals surface area contributed by atoms with Gasteiger partial charge >= 0.3 is 0 Å². The van der Waals surface area contributed by atoms with E-state index >= 15 is 0 Å². The molecule has 0 aliphatic carbocycles. The molecule has 1 atom stereocenters. The number of aliphatic hydroxyl groups is 1. The topological polar surface area (TPSA) is 56.5 Å². The Balaban J connectivity index is 2.52. The Kier molecular flexibility index (Phi) is 4.35. The van der Waals surface area contributed by atoms with Crippen molar-refractivity contribution in [3.8, 4) is 11.5 Å². The van der Waals surface area contributed by atoms with E-state index in [1.807, 2.05) is 14.0 Å². The van der Waals surface area contributed by atoms with Crippen LogP contribution in [0, 0.1) is 6.92 Å². The molecule has 1 aromatic heterocycles. The number of rotatable bonds is 4. The monoisotopic (exact) mass is 340 g/mol. The molecule has 6 heteroatoms. The lowest BCUT2D eigenvalue weighted by molar-refractivity contribution is 0.213. The third-order valence-electron chi connectivity index (χ3n) is 3.16. The number of aryl methyl sites for hydroxylation is 2. The molecule has 0 amide bonds. The van der Waals surface area contributed by atoms with Crippen molar-refractivity contribution in [1.29, 1.82) is 0 Å². The smallest absolute Gasteiger partial charge is 0.142 e. The number of benzene rings is 1. The van der Waals surface area contributed by atoms with E-state index in [0.717, 1.165) is 11.3 Å². The summed E-state index contributed by atoms with van der Waals surface area (Å²) in [6, 6.07) is 3.58. The second-order valence-electron chi connectivity index (χ2n) is 4.45. The van der Waals surface area contributed by atoms with Gasteiger partial charge in [0, 0.05) is 24.4 Å². The molecule has 20 heavy (non-hydrogen) atoms. The summed E-state index contributed by atoms with van der Waals surface area (Å²) in [7, 11) is 4.97. The third kappa shape index (κ3) is 2.53. The first-order chi connectivity index (χ1) is 9.49. The Morgan fingerprint density at radius 1 is 1.25 bits per heavy atom. The van der Waals surface area contributed by atoms with Gasteiger partial charge in [0.2, 0.25) is 0 Å². The van der Waals surface area contributed by atoms with Crippen LogP contribution in [0.4, 0.5) is 0 Å². The summed E-state index contributed by atoms with van der Waals surface area (Å²) < 4.78 is 13.0. The Morgan fingerprint density at radius 2 is 1.95 bits per heavy atom. The lowest BCUT2D eigenvalue weighted by atomic mass is 10.0. The van der Waals surface area contributed by atoms with E-state index in [2.05, 4.69) is 21.0 Å². The zero-order chi connectivity index (χ0) is 14.9. The van der Waals surface area contributed by atoms with Crippen molar-refractivity contribution in [2.75, 3.05) is 14.2 Å². The lowest BCUT2D eigenvalue weighted by Gasteiger charge is -2.17. The summed E-state index contributed by atoms with van der Waals surface area (Å²) >= 11 is 3.44. The summed E-state index contributed by atoms with van der Waals surface area (Å²) in [6.07, 6.45) is 0.998. The molecule has 0 saturated carbocycles. The van der Waals surface area contributed by atoms with Crippen molar-refractivity contribution >= 4 is 15.9 Å². The standard InChI is InChI=1S/C14H17BrN2O3/c1-8-10(7-17(2)16-8)13(18)9-5-6-11(19-3)12(15)14(9)20-4/h5-7,13,18H,1-4H3. The molecule has 0 radical (unpaired) electrons. The lowest BCUT2D eigenvalue weighted by Crippen LogP contribution is -2.04. The molecule has 2 aromatic rings. The largest absolute Gasteiger partial charge is 0.495 e. The van der Waals surface area contributed by atoms with Gasteiger partial charge < -0.3 is 14.6 Å². The van der Waals surface area contributed by atoms with E-state index in [1.165, 1.54) is 0 Å². The minimum Gasteiger partial charge on any atom is -0.495 e. The second kappa shape index (κ2) is 5.85. The predicted octanol–water partition coefficient (Wildman–Crippen LogP) is 2.59. The molecule has 1 N–H and O–H groups in total. The molecule has 0 bridgehead atoms. The van der Waals surface area contributed by atoms with Crippen molar-refractivity contribution in [2.24, 2.45) is 7.05 Å². The van der Waals surface area contributed by atoms with E-state index in [0.29, 0.717) is 21.5 Å². The summed E-state index contributed by atoms with van der Waals surface area (Å²) in [5.41, 5.74) is 2.20. The third-order valence-corrected chi connectivity index (χ3v) is 3.91. The van der Waals surface area contributed by atoms with Gasteiger partial charge in [0.1, 0.15) is 22.1 Å². The van der Waals surface area contributed by atoms with Crippen molar-refractivity contribution in [3.05, 3.63) is 39.6 Å². The number of hydrogen-bond donors (Lipinski definition) is 1. The first kappa shape index (κ1) is 14.9. The molecule has 0 saturated heterocycles. The molecule has 108 valence electrons. The Hall–Kier alpha value is -1.53. The Bertz CT molecular complexity index is 625. The molecule has 0 aliphatic heterocycles. The summed E-state index contributed by atoms with van der Waals surface area (Å²) in [4.78, 5) is 0. The highest BCUT2D eigenvalue weighted by molar-refractivity contribution is 9.10. The summed E-state index contributed by atoms with van der Waals surface area (Å²) in [5.74, 6) is 1.21. The fourth-order valence-corrected chi connectivity index (χ4v) is 2.87. The summed E-state index contributed by atoms with van der Waals surface area (Å²) in [5, 5.41) is 14.8. The van der Waals surface area contributed by atoms with E-state index in [-0.39, 0.29) is 0 Å². The van der Waals surface area contributed by atoms with E-state index < -0.39 is 6.10 Å². The quantitative estimate of drug-likeness (QED) is 0.929. The van der Waals surface area contributed by atoms with Crippen molar-refractivity contribution in [2.45, 2.75) is 13.0 Å². The van der Waals surface area contributed by atoms with Gasteiger partial charge in [-0.25, -0.2) is 0 Å². The first-order valence-electron chi connectivity index (χ1n) is 6.08. The van der Waals surface area contributed by atoms with Crippen LogP contribution < -0.4 is 9.47 Å². The molecule has 0 spiro atoms. The first-order valence-corrected chi connectivity index (χ1v) is 6.87. The van der Waals surface area contributed by atoms with Crippen LogP contribution in [0.5, 0.6) is 11.5 Å². The van der Waals surface area contributed by atoms with Crippen LogP contribution >= 0.6 is 15.9 Å². The van der Waals surface area contributed by atoms with Crippen molar-refractivity contribution in [3.63, 3.8) is 0 Å². The highest BCUT2D eigenvalue weighted by Crippen LogP contribution is 2.41. The van der Waals surface area contributed by atoms with Gasteiger partial charge in [-0.2, -0.15) is 5.10 Å². The average Bonchev–Trinajstić information content (AvgIpc) is 2.76. The highest BCUT2D eigenvalue weighted by Gasteiger charge is 2.22. The fourth-order valence-electron chi connectivity index (χ4n) is 2.19. The number of hydrogen-bond acceptors (Lipinski definition) is 4. The SMILES string of the molecule is COc1ccc(C(O)c2cn(C)nc2C)c(OC)c1Br. The van der Waals surface area contributed by atoms with Gasteiger partial charge in [-0.1, -0.05) is 0 Å². The van der Waals surface area contributed by atoms with Gasteiger partial charge in [0.05, 0.1) is 19.9 Å². The van der Waals surface area contributed by atoms with Crippen molar-refractivity contribution < 1.29 is 14.6 Å². The Labute approximate surface area is 126 Å². The van der Waals surface area contributed by atoms with Crippen molar-refractivity contribution in [1.82, 2.24) is 9.78 Å². The zero-order valence-corrected chi connectivity index (χ0v) is 13.4. The number of methoxy groups -OCH3 is 2. The molecule has 1 unspecified atom stereocenters. The van der Waals surface area contributed by atoms with E-state index in [1.54, 1.807) is 37.2 Å². The maximum Gasteiger partial charge on any atom is 0.142 e. The number of halogens is 1. The highest BCUT2D eigenvalue weighted by atomic mass is 79.9. The fraction of sp³-hybridized carbons (Fsp3) is 0.357. The van der Waals surface area contributed by atoms with Gasteiger partial charge in [0.25, 0.3) is 0 Å². The van der Waals surface area contributed by atoms with Crippen LogP contribution in [-0.2, 0) is 7.05 Å². The molecule has 1 aromatic carbocycles. The van der Waals surface area contributed by atoms with Gasteiger partial charge in [0.15, 0.2) is 0 Å². The zero-order valence-electron chi connectivity index (χ0n) is 11.8.